The molecule has 3 aromatic rings. The van der Waals surface area contributed by atoms with E-state index in [-0.39, 0.29) is 9.79 Å². The largest absolute Gasteiger partial charge is 0.348 e. The van der Waals surface area contributed by atoms with Crippen molar-refractivity contribution in [1.29, 1.82) is 0 Å². The Morgan fingerprint density at radius 3 is 2.00 bits per heavy atom. The Morgan fingerprint density at radius 2 is 1.46 bits per heavy atom. The Labute approximate surface area is 211 Å². The number of benzene rings is 3. The lowest BCUT2D eigenvalue weighted by atomic mass is 10.1. The van der Waals surface area contributed by atoms with Crippen molar-refractivity contribution in [2.45, 2.75) is 36.6 Å². The maximum absolute atomic E-state index is 13.5. The first-order chi connectivity index (χ1) is 16.3. The van der Waals surface area contributed by atoms with Gasteiger partial charge in [0.05, 0.1) is 21.5 Å². The molecule has 10 heteroatoms. The van der Waals surface area contributed by atoms with Gasteiger partial charge in [0.1, 0.15) is 6.54 Å². The molecule has 0 heterocycles. The van der Waals surface area contributed by atoms with Gasteiger partial charge in [0, 0.05) is 11.3 Å². The fraction of sp³-hybridized carbons (Fsp3) is 0.240. The van der Waals surface area contributed by atoms with E-state index in [0.29, 0.717) is 16.3 Å². The van der Waals surface area contributed by atoms with Crippen LogP contribution in [0, 0.1) is 13.8 Å². The summed E-state index contributed by atoms with van der Waals surface area (Å²) in [4.78, 5) is 13.2. The van der Waals surface area contributed by atoms with Crippen LogP contribution >= 0.6 is 11.6 Å². The highest BCUT2D eigenvalue weighted by molar-refractivity contribution is 7.93. The quantitative estimate of drug-likeness (QED) is 0.460. The van der Waals surface area contributed by atoms with Crippen LogP contribution in [0.15, 0.2) is 76.5 Å². The number of aryl methyl sites for hydroxylation is 2. The highest BCUT2D eigenvalue weighted by Crippen LogP contribution is 2.27. The number of carbonyl (C=O) groups excluding carboxylic acids is 1. The zero-order valence-electron chi connectivity index (χ0n) is 19.8. The lowest BCUT2D eigenvalue weighted by Crippen LogP contribution is -2.41. The molecule has 3 rings (SSSR count). The first-order valence-corrected chi connectivity index (χ1v) is 14.4. The Bertz CT molecular complexity index is 1440. The molecule has 0 saturated heterocycles. The molecule has 0 fully saturated rings. The third kappa shape index (κ3) is 6.42. The van der Waals surface area contributed by atoms with E-state index in [1.54, 1.807) is 37.3 Å². The summed E-state index contributed by atoms with van der Waals surface area (Å²) >= 11 is 5.93. The van der Waals surface area contributed by atoms with Crippen LogP contribution in [0.2, 0.25) is 5.02 Å². The molecule has 0 aliphatic carbocycles. The predicted octanol–water partition coefficient (Wildman–Crippen LogP) is 4.43. The van der Waals surface area contributed by atoms with E-state index >= 15 is 0 Å². The van der Waals surface area contributed by atoms with Gasteiger partial charge in [0.25, 0.3) is 10.0 Å². The van der Waals surface area contributed by atoms with Crippen molar-refractivity contribution in [3.63, 3.8) is 0 Å². The molecule has 0 radical (unpaired) electrons. The van der Waals surface area contributed by atoms with E-state index in [4.69, 9.17) is 11.6 Å². The lowest BCUT2D eigenvalue weighted by Gasteiger charge is -2.26. The molecule has 0 saturated carbocycles. The molecular formula is C25H27ClN2O5S2. The van der Waals surface area contributed by atoms with Crippen molar-refractivity contribution < 1.29 is 21.6 Å². The smallest absolute Gasteiger partial charge is 0.264 e. The van der Waals surface area contributed by atoms with Crippen molar-refractivity contribution in [3.8, 4) is 0 Å². The van der Waals surface area contributed by atoms with E-state index in [1.807, 2.05) is 13.8 Å². The number of amides is 1. The van der Waals surface area contributed by atoms with Gasteiger partial charge in [0.2, 0.25) is 5.91 Å². The Balaban J connectivity index is 1.89. The van der Waals surface area contributed by atoms with E-state index in [9.17, 15) is 21.6 Å². The first kappa shape index (κ1) is 26.7. The number of carbonyl (C=O) groups is 1. The maximum Gasteiger partial charge on any atom is 0.264 e. The Morgan fingerprint density at radius 1 is 0.886 bits per heavy atom. The molecule has 1 N–H and O–H groups in total. The van der Waals surface area contributed by atoms with E-state index < -0.39 is 38.4 Å². The van der Waals surface area contributed by atoms with Crippen LogP contribution in [0.4, 0.5) is 5.69 Å². The van der Waals surface area contributed by atoms with Crippen molar-refractivity contribution >= 4 is 43.1 Å². The topological polar surface area (TPSA) is 101 Å². The summed E-state index contributed by atoms with van der Waals surface area (Å²) in [5.74, 6) is -0.513. The molecule has 35 heavy (non-hydrogen) atoms. The molecule has 0 aliphatic heterocycles. The Kier molecular flexibility index (Phi) is 7.93. The van der Waals surface area contributed by atoms with Crippen LogP contribution in [-0.4, -0.2) is 35.5 Å². The number of anilines is 1. The molecule has 0 aliphatic rings. The molecule has 0 aromatic heterocycles. The van der Waals surface area contributed by atoms with Gasteiger partial charge in [-0.1, -0.05) is 29.8 Å². The summed E-state index contributed by atoms with van der Waals surface area (Å²) in [6, 6.07) is 16.7. The number of hydrogen-bond donors (Lipinski definition) is 1. The SMILES string of the molecule is Cc1ccc(N(CC(=O)N[C@@H](C)c2ccc(S(C)(=O)=O)cc2)S(=O)(=O)c2ccc(Cl)cc2)cc1C. The van der Waals surface area contributed by atoms with E-state index in [0.717, 1.165) is 21.7 Å². The standard InChI is InChI=1S/C25H27ClN2O5S2/c1-17-5-10-22(15-18(17)2)28(35(32,33)24-13-8-21(26)9-14-24)16-25(29)27-19(3)20-6-11-23(12-7-20)34(4,30)31/h5-15,19H,16H2,1-4H3,(H,27,29)/t19-/m0/s1. The molecule has 186 valence electrons. The zero-order chi connectivity index (χ0) is 26.0. The van der Waals surface area contributed by atoms with E-state index in [1.165, 1.54) is 36.4 Å². The van der Waals surface area contributed by atoms with Gasteiger partial charge >= 0.3 is 0 Å². The minimum absolute atomic E-state index is 0.0114. The second-order valence-electron chi connectivity index (χ2n) is 8.36. The summed E-state index contributed by atoms with van der Waals surface area (Å²) in [6.45, 7) is 5.08. The number of sulfone groups is 1. The zero-order valence-corrected chi connectivity index (χ0v) is 22.2. The number of nitrogens with zero attached hydrogens (tertiary/aromatic N) is 1. The first-order valence-electron chi connectivity index (χ1n) is 10.7. The molecule has 1 amide bonds. The van der Waals surface area contributed by atoms with Crippen LogP contribution in [0.3, 0.4) is 0 Å². The highest BCUT2D eigenvalue weighted by Gasteiger charge is 2.28. The van der Waals surface area contributed by atoms with Crippen LogP contribution in [0.25, 0.3) is 0 Å². The van der Waals surface area contributed by atoms with Crippen LogP contribution in [-0.2, 0) is 24.7 Å². The molecule has 3 aromatic carbocycles. The second-order valence-corrected chi connectivity index (χ2v) is 12.7. The van der Waals surface area contributed by atoms with Crippen LogP contribution in [0.1, 0.15) is 29.7 Å². The second kappa shape index (κ2) is 10.4. The highest BCUT2D eigenvalue weighted by atomic mass is 35.5. The number of nitrogens with one attached hydrogen (secondary N) is 1. The van der Waals surface area contributed by atoms with Gasteiger partial charge in [-0.05, 0) is 86.0 Å². The monoisotopic (exact) mass is 534 g/mol. The molecule has 7 nitrogen and oxygen atoms in total. The minimum Gasteiger partial charge on any atom is -0.348 e. The van der Waals surface area contributed by atoms with Gasteiger partial charge in [-0.15, -0.1) is 0 Å². The van der Waals surface area contributed by atoms with Crippen molar-refractivity contribution in [1.82, 2.24) is 5.32 Å². The molecule has 0 bridgehead atoms. The molecule has 0 spiro atoms. The van der Waals surface area contributed by atoms with Gasteiger partial charge in [-0.3, -0.25) is 9.10 Å². The fourth-order valence-corrected chi connectivity index (χ4v) is 5.60. The molecular weight excluding hydrogens is 508 g/mol. The fourth-order valence-electron chi connectivity index (χ4n) is 3.43. The van der Waals surface area contributed by atoms with Crippen molar-refractivity contribution in [2.75, 3.05) is 17.1 Å². The average molecular weight is 535 g/mol. The van der Waals surface area contributed by atoms with Crippen molar-refractivity contribution in [2.24, 2.45) is 0 Å². The third-order valence-corrected chi connectivity index (χ3v) is 8.82. The Hall–Kier alpha value is -2.88. The molecule has 0 unspecified atom stereocenters. The predicted molar refractivity (Wildman–Crippen MR) is 138 cm³/mol. The van der Waals surface area contributed by atoms with Gasteiger partial charge < -0.3 is 5.32 Å². The lowest BCUT2D eigenvalue weighted by molar-refractivity contribution is -0.120. The van der Waals surface area contributed by atoms with Crippen LogP contribution < -0.4 is 9.62 Å². The summed E-state index contributed by atoms with van der Waals surface area (Å²) in [5.41, 5.74) is 2.93. The number of rotatable bonds is 8. The summed E-state index contributed by atoms with van der Waals surface area (Å²) < 4.78 is 51.5. The summed E-state index contributed by atoms with van der Waals surface area (Å²) in [5, 5.41) is 3.20. The minimum atomic E-state index is -4.07. The van der Waals surface area contributed by atoms with Gasteiger partial charge in [-0.2, -0.15) is 0 Å². The van der Waals surface area contributed by atoms with Gasteiger partial charge in [0.15, 0.2) is 9.84 Å². The van der Waals surface area contributed by atoms with E-state index in [2.05, 4.69) is 5.32 Å². The van der Waals surface area contributed by atoms with Crippen LogP contribution in [0.5, 0.6) is 0 Å². The summed E-state index contributed by atoms with van der Waals surface area (Å²) in [6.07, 6.45) is 1.12. The van der Waals surface area contributed by atoms with Gasteiger partial charge in [-0.25, -0.2) is 16.8 Å². The number of sulfonamides is 1. The summed E-state index contributed by atoms with van der Waals surface area (Å²) in [7, 11) is -7.41. The average Bonchev–Trinajstić information content (AvgIpc) is 2.79. The number of hydrogen-bond acceptors (Lipinski definition) is 5. The van der Waals surface area contributed by atoms with Crippen molar-refractivity contribution in [3.05, 3.63) is 88.4 Å². The third-order valence-electron chi connectivity index (χ3n) is 5.65. The molecule has 1 atom stereocenters. The maximum atomic E-state index is 13.5. The normalized spacial score (nSPS) is 12.7. The number of halogens is 1.